The minimum atomic E-state index is -0.135. The number of aliphatic hydroxyl groups excluding tert-OH is 1. The SMILES string of the molecule is CC(C)[C@H](CO)Oc1cccc(Br)c1. The van der Waals surface area contributed by atoms with E-state index in [1.807, 2.05) is 38.1 Å². The lowest BCUT2D eigenvalue weighted by Gasteiger charge is -2.20. The lowest BCUT2D eigenvalue weighted by molar-refractivity contribution is 0.0801. The number of halogens is 1. The first kappa shape index (κ1) is 11.5. The van der Waals surface area contributed by atoms with E-state index in [1.54, 1.807) is 0 Å². The molecule has 0 amide bonds. The molecule has 0 heterocycles. The third-order valence-corrected chi connectivity index (χ3v) is 2.50. The van der Waals surface area contributed by atoms with E-state index < -0.39 is 0 Å². The lowest BCUT2D eigenvalue weighted by atomic mass is 10.1. The quantitative estimate of drug-likeness (QED) is 0.900. The molecule has 0 saturated heterocycles. The summed E-state index contributed by atoms with van der Waals surface area (Å²) in [5.74, 6) is 1.09. The van der Waals surface area contributed by atoms with Crippen molar-refractivity contribution in [1.82, 2.24) is 0 Å². The number of hydrogen-bond acceptors (Lipinski definition) is 2. The van der Waals surface area contributed by atoms with E-state index in [2.05, 4.69) is 15.9 Å². The molecule has 1 atom stereocenters. The first-order valence-corrected chi connectivity index (χ1v) is 5.46. The molecular formula is C11H15BrO2. The maximum atomic E-state index is 9.09. The fraction of sp³-hybridized carbons (Fsp3) is 0.455. The second-order valence-corrected chi connectivity index (χ2v) is 4.46. The van der Waals surface area contributed by atoms with Crippen LogP contribution in [0, 0.1) is 5.92 Å². The maximum absolute atomic E-state index is 9.09. The summed E-state index contributed by atoms with van der Waals surface area (Å²) in [6.45, 7) is 4.10. The van der Waals surface area contributed by atoms with Crippen LogP contribution in [0.25, 0.3) is 0 Å². The van der Waals surface area contributed by atoms with Gasteiger partial charge in [0.1, 0.15) is 11.9 Å². The van der Waals surface area contributed by atoms with E-state index in [9.17, 15) is 0 Å². The van der Waals surface area contributed by atoms with Crippen molar-refractivity contribution in [2.24, 2.45) is 5.92 Å². The van der Waals surface area contributed by atoms with Gasteiger partial charge in [-0.2, -0.15) is 0 Å². The molecule has 1 aromatic rings. The minimum absolute atomic E-state index is 0.0458. The van der Waals surface area contributed by atoms with Crippen molar-refractivity contribution in [3.05, 3.63) is 28.7 Å². The van der Waals surface area contributed by atoms with Crippen LogP contribution in [0.4, 0.5) is 0 Å². The summed E-state index contributed by atoms with van der Waals surface area (Å²) in [5, 5.41) is 9.09. The number of aliphatic hydroxyl groups is 1. The van der Waals surface area contributed by atoms with Crippen molar-refractivity contribution >= 4 is 15.9 Å². The van der Waals surface area contributed by atoms with Crippen molar-refractivity contribution in [2.75, 3.05) is 6.61 Å². The third-order valence-electron chi connectivity index (χ3n) is 2.01. The summed E-state index contributed by atoms with van der Waals surface area (Å²) >= 11 is 3.37. The predicted molar refractivity (Wildman–Crippen MR) is 60.5 cm³/mol. The van der Waals surface area contributed by atoms with Crippen LogP contribution in [0.1, 0.15) is 13.8 Å². The molecular weight excluding hydrogens is 244 g/mol. The van der Waals surface area contributed by atoms with E-state index >= 15 is 0 Å². The Bertz CT molecular complexity index is 286. The van der Waals surface area contributed by atoms with Gasteiger partial charge >= 0.3 is 0 Å². The van der Waals surface area contributed by atoms with Gasteiger partial charge in [0.2, 0.25) is 0 Å². The standard InChI is InChI=1S/C11H15BrO2/c1-8(2)11(7-13)14-10-5-3-4-9(12)6-10/h3-6,8,11,13H,7H2,1-2H3/t11-/m0/s1. The van der Waals surface area contributed by atoms with E-state index in [0.717, 1.165) is 10.2 Å². The first-order valence-electron chi connectivity index (χ1n) is 4.66. The van der Waals surface area contributed by atoms with Crippen molar-refractivity contribution in [3.8, 4) is 5.75 Å². The molecule has 0 aliphatic heterocycles. The molecule has 1 rings (SSSR count). The Hall–Kier alpha value is -0.540. The molecule has 0 aliphatic carbocycles. The summed E-state index contributed by atoms with van der Waals surface area (Å²) in [7, 11) is 0. The highest BCUT2D eigenvalue weighted by Gasteiger charge is 2.13. The Labute approximate surface area is 93.0 Å². The average molecular weight is 259 g/mol. The molecule has 2 nitrogen and oxygen atoms in total. The third kappa shape index (κ3) is 3.31. The van der Waals surface area contributed by atoms with Gasteiger partial charge in [0.05, 0.1) is 6.61 Å². The molecule has 0 fully saturated rings. The average Bonchev–Trinajstić information content (AvgIpc) is 2.14. The predicted octanol–water partition coefficient (Wildman–Crippen LogP) is 2.84. The Balaban J connectivity index is 2.67. The van der Waals surface area contributed by atoms with E-state index in [4.69, 9.17) is 9.84 Å². The summed E-state index contributed by atoms with van der Waals surface area (Å²) in [4.78, 5) is 0. The monoisotopic (exact) mass is 258 g/mol. The van der Waals surface area contributed by atoms with Crippen molar-refractivity contribution in [2.45, 2.75) is 20.0 Å². The minimum Gasteiger partial charge on any atom is -0.488 e. The van der Waals surface area contributed by atoms with Crippen LogP contribution in [0.15, 0.2) is 28.7 Å². The molecule has 1 N–H and O–H groups in total. The Kier molecular flexibility index (Phi) is 4.42. The number of ether oxygens (including phenoxy) is 1. The highest BCUT2D eigenvalue weighted by atomic mass is 79.9. The van der Waals surface area contributed by atoms with Crippen LogP contribution < -0.4 is 4.74 Å². The van der Waals surface area contributed by atoms with Crippen molar-refractivity contribution < 1.29 is 9.84 Å². The van der Waals surface area contributed by atoms with Crippen LogP contribution in [-0.2, 0) is 0 Å². The Morgan fingerprint density at radius 2 is 2.14 bits per heavy atom. The topological polar surface area (TPSA) is 29.5 Å². The largest absolute Gasteiger partial charge is 0.488 e. The summed E-state index contributed by atoms with van der Waals surface area (Å²) < 4.78 is 6.61. The summed E-state index contributed by atoms with van der Waals surface area (Å²) in [6.07, 6.45) is -0.135. The van der Waals surface area contributed by atoms with Crippen LogP contribution in [0.5, 0.6) is 5.75 Å². The van der Waals surface area contributed by atoms with Crippen LogP contribution in [0.3, 0.4) is 0 Å². The fourth-order valence-electron chi connectivity index (χ4n) is 1.10. The smallest absolute Gasteiger partial charge is 0.124 e. The first-order chi connectivity index (χ1) is 6.63. The molecule has 0 unspecified atom stereocenters. The number of benzene rings is 1. The van der Waals surface area contributed by atoms with Gasteiger partial charge in [-0.05, 0) is 24.1 Å². The molecule has 0 bridgehead atoms. The zero-order valence-corrected chi connectivity index (χ0v) is 9.99. The van der Waals surface area contributed by atoms with Crippen LogP contribution in [-0.4, -0.2) is 17.8 Å². The zero-order chi connectivity index (χ0) is 10.6. The van der Waals surface area contributed by atoms with Crippen LogP contribution in [0.2, 0.25) is 0 Å². The Morgan fingerprint density at radius 1 is 1.43 bits per heavy atom. The highest BCUT2D eigenvalue weighted by molar-refractivity contribution is 9.10. The van der Waals surface area contributed by atoms with Crippen molar-refractivity contribution in [3.63, 3.8) is 0 Å². The van der Waals surface area contributed by atoms with Crippen LogP contribution >= 0.6 is 15.9 Å². The van der Waals surface area contributed by atoms with E-state index in [1.165, 1.54) is 0 Å². The van der Waals surface area contributed by atoms with Gasteiger partial charge < -0.3 is 9.84 Å². The lowest BCUT2D eigenvalue weighted by Crippen LogP contribution is -2.27. The summed E-state index contributed by atoms with van der Waals surface area (Å²) in [5.41, 5.74) is 0. The fourth-order valence-corrected chi connectivity index (χ4v) is 1.48. The second kappa shape index (κ2) is 5.37. The highest BCUT2D eigenvalue weighted by Crippen LogP contribution is 2.20. The van der Waals surface area contributed by atoms with E-state index in [0.29, 0.717) is 5.92 Å². The number of hydrogen-bond donors (Lipinski definition) is 1. The molecule has 0 radical (unpaired) electrons. The van der Waals surface area contributed by atoms with Gasteiger partial charge in [0.15, 0.2) is 0 Å². The van der Waals surface area contributed by atoms with Crippen molar-refractivity contribution in [1.29, 1.82) is 0 Å². The molecule has 14 heavy (non-hydrogen) atoms. The van der Waals surface area contributed by atoms with Gasteiger partial charge in [-0.3, -0.25) is 0 Å². The molecule has 0 aliphatic rings. The van der Waals surface area contributed by atoms with E-state index in [-0.39, 0.29) is 12.7 Å². The van der Waals surface area contributed by atoms with Gasteiger partial charge in [-0.1, -0.05) is 35.8 Å². The normalized spacial score (nSPS) is 12.9. The summed E-state index contributed by atoms with van der Waals surface area (Å²) in [6, 6.07) is 7.63. The van der Waals surface area contributed by atoms with Gasteiger partial charge in [-0.15, -0.1) is 0 Å². The molecule has 0 saturated carbocycles. The molecule has 1 aromatic carbocycles. The molecule has 3 heteroatoms. The second-order valence-electron chi connectivity index (χ2n) is 3.54. The maximum Gasteiger partial charge on any atom is 0.124 e. The van der Waals surface area contributed by atoms with Gasteiger partial charge in [-0.25, -0.2) is 0 Å². The van der Waals surface area contributed by atoms with Gasteiger partial charge in [0.25, 0.3) is 0 Å². The zero-order valence-electron chi connectivity index (χ0n) is 8.40. The molecule has 0 spiro atoms. The molecule has 0 aromatic heterocycles. The Morgan fingerprint density at radius 3 is 2.64 bits per heavy atom. The number of rotatable bonds is 4. The van der Waals surface area contributed by atoms with Gasteiger partial charge in [0, 0.05) is 4.47 Å². The molecule has 78 valence electrons.